The molecule has 3 rings (SSSR count). The van der Waals surface area contributed by atoms with Crippen LogP contribution in [0.1, 0.15) is 18.4 Å². The largest absolute Gasteiger partial charge is 0.497 e. The van der Waals surface area contributed by atoms with Crippen LogP contribution in [-0.2, 0) is 11.3 Å². The van der Waals surface area contributed by atoms with E-state index in [1.165, 1.54) is 4.90 Å². The van der Waals surface area contributed by atoms with Gasteiger partial charge in [0.2, 0.25) is 0 Å². The number of methoxy groups -OCH3 is 1. The van der Waals surface area contributed by atoms with Crippen molar-refractivity contribution in [3.63, 3.8) is 0 Å². The van der Waals surface area contributed by atoms with Gasteiger partial charge in [-0.2, -0.15) is 11.8 Å². The zero-order valence-corrected chi connectivity index (χ0v) is 14.9. The average molecular weight is 349 g/mol. The Bertz CT molecular complexity index is 631. The summed E-state index contributed by atoms with van der Waals surface area (Å²) in [6.07, 6.45) is 1.44. The number of nitrogens with zero attached hydrogens (tertiary/aromatic N) is 2. The van der Waals surface area contributed by atoms with Crippen molar-refractivity contribution in [2.24, 2.45) is 0 Å². The van der Waals surface area contributed by atoms with Crippen molar-refractivity contribution in [1.82, 2.24) is 15.1 Å². The normalized spacial score (nSPS) is 19.9. The summed E-state index contributed by atoms with van der Waals surface area (Å²) in [5.74, 6) is 2.55. The monoisotopic (exact) mass is 349 g/mol. The first-order valence-corrected chi connectivity index (χ1v) is 9.23. The molecular formula is C17H23N3O3S. The Labute approximate surface area is 146 Å². The van der Waals surface area contributed by atoms with Gasteiger partial charge in [-0.05, 0) is 49.1 Å². The second-order valence-electron chi connectivity index (χ2n) is 6.36. The van der Waals surface area contributed by atoms with Crippen molar-refractivity contribution in [2.75, 3.05) is 32.3 Å². The van der Waals surface area contributed by atoms with Gasteiger partial charge < -0.3 is 10.1 Å². The molecule has 1 spiro atoms. The van der Waals surface area contributed by atoms with Crippen LogP contribution in [0.4, 0.5) is 4.79 Å². The quantitative estimate of drug-likeness (QED) is 0.823. The number of amides is 3. The van der Waals surface area contributed by atoms with E-state index in [2.05, 4.69) is 5.32 Å². The first kappa shape index (κ1) is 17.1. The predicted molar refractivity (Wildman–Crippen MR) is 94.0 cm³/mol. The Balaban J connectivity index is 1.64. The Morgan fingerprint density at radius 2 is 2.08 bits per heavy atom. The molecule has 2 aliphatic heterocycles. The van der Waals surface area contributed by atoms with E-state index in [-0.39, 0.29) is 18.6 Å². The second-order valence-corrected chi connectivity index (χ2v) is 7.59. The van der Waals surface area contributed by atoms with Gasteiger partial charge in [0, 0.05) is 6.54 Å². The van der Waals surface area contributed by atoms with E-state index in [9.17, 15) is 9.59 Å². The standard InChI is InChI=1S/C17H23N3O3S/c1-19(11-13-4-3-5-14(10-13)23-2)12-20-15(21)17(18-16(20)22)6-8-24-9-7-17/h3-5,10H,6-9,11-12H2,1-2H3,(H,18,22). The molecule has 1 aromatic rings. The lowest BCUT2D eigenvalue weighted by molar-refractivity contribution is -0.133. The Morgan fingerprint density at radius 3 is 2.79 bits per heavy atom. The third-order valence-electron chi connectivity index (χ3n) is 4.56. The lowest BCUT2D eigenvalue weighted by Gasteiger charge is -2.30. The summed E-state index contributed by atoms with van der Waals surface area (Å²) in [6, 6.07) is 7.52. The number of hydrogen-bond acceptors (Lipinski definition) is 5. The number of ether oxygens (including phenoxy) is 1. The van der Waals surface area contributed by atoms with Crippen molar-refractivity contribution in [1.29, 1.82) is 0 Å². The number of imide groups is 1. The lowest BCUT2D eigenvalue weighted by atomic mass is 9.92. The van der Waals surface area contributed by atoms with E-state index in [4.69, 9.17) is 4.74 Å². The van der Waals surface area contributed by atoms with Crippen LogP contribution in [0.2, 0.25) is 0 Å². The van der Waals surface area contributed by atoms with E-state index >= 15 is 0 Å². The molecule has 2 fully saturated rings. The van der Waals surface area contributed by atoms with Crippen molar-refractivity contribution in [3.8, 4) is 5.75 Å². The van der Waals surface area contributed by atoms with E-state index in [0.717, 1.165) is 35.7 Å². The van der Waals surface area contributed by atoms with Crippen molar-refractivity contribution < 1.29 is 14.3 Å². The molecule has 2 heterocycles. The molecule has 0 aliphatic carbocycles. The average Bonchev–Trinajstić information content (AvgIpc) is 2.80. The van der Waals surface area contributed by atoms with Gasteiger partial charge in [0.05, 0.1) is 13.8 Å². The number of rotatable bonds is 5. The number of benzene rings is 1. The summed E-state index contributed by atoms with van der Waals surface area (Å²) in [5, 5.41) is 2.93. The number of urea groups is 1. The topological polar surface area (TPSA) is 61.9 Å². The molecule has 1 aromatic carbocycles. The van der Waals surface area contributed by atoms with Crippen LogP contribution in [0, 0.1) is 0 Å². The van der Waals surface area contributed by atoms with E-state index in [0.29, 0.717) is 6.54 Å². The molecule has 0 atom stereocenters. The van der Waals surface area contributed by atoms with Crippen molar-refractivity contribution in [2.45, 2.75) is 24.9 Å². The van der Waals surface area contributed by atoms with Crippen LogP contribution in [-0.4, -0.2) is 59.6 Å². The van der Waals surface area contributed by atoms with Crippen LogP contribution < -0.4 is 10.1 Å². The van der Waals surface area contributed by atoms with E-state index in [1.807, 2.05) is 48.0 Å². The van der Waals surface area contributed by atoms with Gasteiger partial charge in [0.1, 0.15) is 11.3 Å². The molecule has 0 radical (unpaired) electrons. The van der Waals surface area contributed by atoms with Gasteiger partial charge in [-0.1, -0.05) is 12.1 Å². The van der Waals surface area contributed by atoms with E-state index < -0.39 is 5.54 Å². The van der Waals surface area contributed by atoms with Gasteiger partial charge >= 0.3 is 6.03 Å². The fraction of sp³-hybridized carbons (Fsp3) is 0.529. The van der Waals surface area contributed by atoms with Crippen molar-refractivity contribution in [3.05, 3.63) is 29.8 Å². The summed E-state index contributed by atoms with van der Waals surface area (Å²) in [4.78, 5) is 28.4. The Kier molecular flexibility index (Phi) is 5.01. The molecule has 24 heavy (non-hydrogen) atoms. The van der Waals surface area contributed by atoms with Crippen molar-refractivity contribution >= 4 is 23.7 Å². The van der Waals surface area contributed by atoms with Gasteiger partial charge in [-0.25, -0.2) is 9.69 Å². The maximum atomic E-state index is 12.8. The highest BCUT2D eigenvalue weighted by molar-refractivity contribution is 7.99. The smallest absolute Gasteiger partial charge is 0.326 e. The highest BCUT2D eigenvalue weighted by Gasteiger charge is 2.51. The van der Waals surface area contributed by atoms with Gasteiger partial charge in [-0.3, -0.25) is 9.69 Å². The number of hydrogen-bond donors (Lipinski definition) is 1. The minimum absolute atomic E-state index is 0.0784. The summed E-state index contributed by atoms with van der Waals surface area (Å²) < 4.78 is 5.23. The number of thioether (sulfide) groups is 1. The Morgan fingerprint density at radius 1 is 1.33 bits per heavy atom. The predicted octanol–water partition coefficient (Wildman–Crippen LogP) is 1.90. The minimum Gasteiger partial charge on any atom is -0.497 e. The SMILES string of the molecule is COc1cccc(CN(C)CN2C(=O)NC3(CCSCC3)C2=O)c1. The first-order chi connectivity index (χ1) is 11.5. The number of nitrogens with one attached hydrogen (secondary N) is 1. The van der Waals surface area contributed by atoms with Crippen LogP contribution in [0.25, 0.3) is 0 Å². The zero-order chi connectivity index (χ0) is 17.2. The van der Waals surface area contributed by atoms with Gasteiger partial charge in [-0.15, -0.1) is 0 Å². The lowest BCUT2D eigenvalue weighted by Crippen LogP contribution is -2.50. The molecule has 0 saturated carbocycles. The summed E-state index contributed by atoms with van der Waals surface area (Å²) >= 11 is 1.84. The molecule has 7 heteroatoms. The van der Waals surface area contributed by atoms with Gasteiger partial charge in [0.15, 0.2) is 0 Å². The van der Waals surface area contributed by atoms with Crippen LogP contribution in [0.3, 0.4) is 0 Å². The summed E-state index contributed by atoms with van der Waals surface area (Å²) in [5.41, 5.74) is 0.409. The second kappa shape index (κ2) is 7.03. The molecule has 6 nitrogen and oxygen atoms in total. The highest BCUT2D eigenvalue weighted by atomic mass is 32.2. The maximum absolute atomic E-state index is 12.8. The summed E-state index contributed by atoms with van der Waals surface area (Å²) in [6.45, 7) is 0.924. The molecule has 0 unspecified atom stereocenters. The molecule has 2 aliphatic rings. The number of carbonyl (C=O) groups is 2. The molecule has 2 saturated heterocycles. The first-order valence-electron chi connectivity index (χ1n) is 8.07. The van der Waals surface area contributed by atoms with Gasteiger partial charge in [0.25, 0.3) is 5.91 Å². The number of carbonyl (C=O) groups excluding carboxylic acids is 2. The van der Waals surface area contributed by atoms with E-state index in [1.54, 1.807) is 7.11 Å². The molecule has 130 valence electrons. The van der Waals surface area contributed by atoms with Crippen LogP contribution in [0.15, 0.2) is 24.3 Å². The van der Waals surface area contributed by atoms with Crippen LogP contribution in [0.5, 0.6) is 5.75 Å². The molecule has 0 aromatic heterocycles. The maximum Gasteiger partial charge on any atom is 0.326 e. The molecular weight excluding hydrogens is 326 g/mol. The minimum atomic E-state index is -0.668. The molecule has 3 amide bonds. The zero-order valence-electron chi connectivity index (χ0n) is 14.1. The fourth-order valence-electron chi connectivity index (χ4n) is 3.24. The third kappa shape index (κ3) is 3.37. The summed E-state index contributed by atoms with van der Waals surface area (Å²) in [7, 11) is 3.54. The Hall–Kier alpha value is -1.73. The third-order valence-corrected chi connectivity index (χ3v) is 5.55. The molecule has 1 N–H and O–H groups in total. The fourth-order valence-corrected chi connectivity index (χ4v) is 4.43. The highest BCUT2D eigenvalue weighted by Crippen LogP contribution is 2.32. The van der Waals surface area contributed by atoms with Crippen LogP contribution >= 0.6 is 11.8 Å². The molecule has 0 bridgehead atoms.